The van der Waals surface area contributed by atoms with Gasteiger partial charge in [0, 0.05) is 0 Å². The monoisotopic (exact) mass is 483 g/mol. The fourth-order valence-corrected chi connectivity index (χ4v) is 5.75. The van der Waals surface area contributed by atoms with Crippen LogP contribution in [0.1, 0.15) is 156 Å². The van der Waals surface area contributed by atoms with E-state index < -0.39 is 0 Å². The van der Waals surface area contributed by atoms with Crippen molar-refractivity contribution in [2.24, 2.45) is 0 Å². The molecule has 2 heteroatoms. The molecule has 2 unspecified atom stereocenters. The number of rotatable bonds is 27. The van der Waals surface area contributed by atoms with Crippen LogP contribution in [0, 0.1) is 0 Å². The largest absolute Gasteiger partial charge is 0.326 e. The van der Waals surface area contributed by atoms with E-state index in [4.69, 9.17) is 0 Å². The molecule has 34 heavy (non-hydrogen) atoms. The van der Waals surface area contributed by atoms with Gasteiger partial charge in [-0.3, -0.25) is 0 Å². The Labute approximate surface area is 218 Å². The molecular weight excluding hydrogens is 412 g/mol. The molecule has 0 aliphatic rings. The van der Waals surface area contributed by atoms with Gasteiger partial charge < -0.3 is 8.97 Å². The molecule has 2 nitrogen and oxygen atoms in total. The highest BCUT2D eigenvalue weighted by molar-refractivity contribution is 4.51. The third-order valence-electron chi connectivity index (χ3n) is 8.70. The van der Waals surface area contributed by atoms with Gasteiger partial charge >= 0.3 is 0 Å². The van der Waals surface area contributed by atoms with Crippen LogP contribution >= 0.6 is 0 Å². The second-order valence-electron chi connectivity index (χ2n) is 12.1. The Morgan fingerprint density at radius 3 is 0.676 bits per heavy atom. The molecule has 0 rings (SSSR count). The van der Waals surface area contributed by atoms with Crippen molar-refractivity contribution in [1.29, 1.82) is 0 Å². The lowest BCUT2D eigenvalue weighted by molar-refractivity contribution is -0.908. The summed E-state index contributed by atoms with van der Waals surface area (Å²) >= 11 is 0. The molecule has 0 fully saturated rings. The summed E-state index contributed by atoms with van der Waals surface area (Å²) in [6, 6.07) is 0. The summed E-state index contributed by atoms with van der Waals surface area (Å²) in [5.74, 6) is 0. The van der Waals surface area contributed by atoms with Crippen molar-refractivity contribution in [2.75, 3.05) is 53.4 Å². The average Bonchev–Trinajstić information content (AvgIpc) is 2.83. The maximum absolute atomic E-state index is 2.45. The first kappa shape index (κ1) is 33.9. The molecule has 0 amide bonds. The quantitative estimate of drug-likeness (QED) is 0.0807. The molecule has 0 spiro atoms. The SMILES string of the molecule is CCC[N+](C)(CC)CCCCCCCCCCCCCCCCCCCC[N+](C)(CC)CCC. The fraction of sp³-hybridized carbons (Fsp3) is 1.00. The summed E-state index contributed by atoms with van der Waals surface area (Å²) < 4.78 is 2.57. The van der Waals surface area contributed by atoms with Crippen molar-refractivity contribution in [3.8, 4) is 0 Å². The predicted molar refractivity (Wildman–Crippen MR) is 157 cm³/mol. The highest BCUT2D eigenvalue weighted by Crippen LogP contribution is 2.16. The van der Waals surface area contributed by atoms with Crippen LogP contribution in [0.2, 0.25) is 0 Å². The lowest BCUT2D eigenvalue weighted by Crippen LogP contribution is -2.45. The standard InChI is InChI=1S/C32H70N2/c1-7-29-33(5,9-3)31-27-25-23-21-19-17-15-13-11-12-14-16-18-20-22-24-26-28-32-34(6,10-4)30-8-2/h7-32H2,1-6H3/q+2. The van der Waals surface area contributed by atoms with Crippen LogP contribution in [0.15, 0.2) is 0 Å². The molecule has 0 saturated heterocycles. The maximum Gasteiger partial charge on any atom is 0.0784 e. The minimum absolute atomic E-state index is 1.29. The maximum atomic E-state index is 2.45. The molecule has 0 bridgehead atoms. The van der Waals surface area contributed by atoms with Gasteiger partial charge in [0.2, 0.25) is 0 Å². The van der Waals surface area contributed by atoms with Crippen LogP contribution < -0.4 is 0 Å². The van der Waals surface area contributed by atoms with Gasteiger partial charge in [0.25, 0.3) is 0 Å². The second-order valence-corrected chi connectivity index (χ2v) is 12.1. The zero-order valence-corrected chi connectivity index (χ0v) is 25.3. The van der Waals surface area contributed by atoms with Crippen LogP contribution in [0.25, 0.3) is 0 Å². The van der Waals surface area contributed by atoms with Gasteiger partial charge in [-0.15, -0.1) is 0 Å². The summed E-state index contributed by atoms with van der Waals surface area (Å²) in [5, 5.41) is 0. The van der Waals surface area contributed by atoms with Crippen LogP contribution in [-0.2, 0) is 0 Å². The summed E-state index contributed by atoms with van der Waals surface area (Å²) in [4.78, 5) is 0. The minimum atomic E-state index is 1.29. The first-order chi connectivity index (χ1) is 16.4. The van der Waals surface area contributed by atoms with E-state index in [1.807, 2.05) is 0 Å². The number of unbranched alkanes of at least 4 members (excludes halogenated alkanes) is 17. The molecule has 2 atom stereocenters. The van der Waals surface area contributed by atoms with Gasteiger partial charge in [-0.25, -0.2) is 0 Å². The van der Waals surface area contributed by atoms with Crippen LogP contribution in [0.5, 0.6) is 0 Å². The summed E-state index contributed by atoms with van der Waals surface area (Å²) in [6.45, 7) is 17.4. The Hall–Kier alpha value is -0.0800. The molecule has 0 aromatic heterocycles. The third-order valence-corrected chi connectivity index (χ3v) is 8.70. The van der Waals surface area contributed by atoms with Crippen molar-refractivity contribution in [3.05, 3.63) is 0 Å². The Kier molecular flexibility index (Phi) is 23.3. The second kappa shape index (κ2) is 23.3. The smallest absolute Gasteiger partial charge is 0.0784 e. The van der Waals surface area contributed by atoms with Crippen molar-refractivity contribution >= 4 is 0 Å². The van der Waals surface area contributed by atoms with Crippen molar-refractivity contribution in [1.82, 2.24) is 0 Å². The third kappa shape index (κ3) is 20.1. The van der Waals surface area contributed by atoms with Gasteiger partial charge in [0.05, 0.1) is 53.4 Å². The van der Waals surface area contributed by atoms with Crippen LogP contribution in [0.4, 0.5) is 0 Å². The van der Waals surface area contributed by atoms with E-state index in [-0.39, 0.29) is 0 Å². The first-order valence-electron chi connectivity index (χ1n) is 16.1. The zero-order chi connectivity index (χ0) is 25.4. The Balaban J connectivity index is 3.27. The Morgan fingerprint density at radius 1 is 0.294 bits per heavy atom. The molecule has 0 radical (unpaired) electrons. The number of hydrogen-bond donors (Lipinski definition) is 0. The topological polar surface area (TPSA) is 0 Å². The Bertz CT molecular complexity index is 372. The van der Waals surface area contributed by atoms with E-state index >= 15 is 0 Å². The summed E-state index contributed by atoms with van der Waals surface area (Å²) in [5.41, 5.74) is 0. The average molecular weight is 483 g/mol. The number of hydrogen-bond acceptors (Lipinski definition) is 0. The van der Waals surface area contributed by atoms with Gasteiger partial charge in [0.1, 0.15) is 0 Å². The van der Waals surface area contributed by atoms with E-state index in [1.54, 1.807) is 0 Å². The van der Waals surface area contributed by atoms with E-state index in [2.05, 4.69) is 41.8 Å². The minimum Gasteiger partial charge on any atom is -0.326 e. The molecule has 0 aliphatic carbocycles. The summed E-state index contributed by atoms with van der Waals surface area (Å²) in [7, 11) is 4.89. The normalized spacial score (nSPS) is 15.4. The van der Waals surface area contributed by atoms with Crippen LogP contribution in [-0.4, -0.2) is 62.3 Å². The van der Waals surface area contributed by atoms with Crippen molar-refractivity contribution in [2.45, 2.75) is 156 Å². The highest BCUT2D eigenvalue weighted by Gasteiger charge is 2.17. The molecule has 0 N–H and O–H groups in total. The lowest BCUT2D eigenvalue weighted by Gasteiger charge is -2.33. The lowest BCUT2D eigenvalue weighted by atomic mass is 10.0. The Morgan fingerprint density at radius 2 is 0.500 bits per heavy atom. The molecule has 0 saturated carbocycles. The van der Waals surface area contributed by atoms with Crippen LogP contribution in [0.3, 0.4) is 0 Å². The summed E-state index contributed by atoms with van der Waals surface area (Å²) in [6.07, 6.45) is 29.1. The number of nitrogens with zero attached hydrogens (tertiary/aromatic N) is 2. The molecule has 206 valence electrons. The van der Waals surface area contributed by atoms with Crippen molar-refractivity contribution in [3.63, 3.8) is 0 Å². The van der Waals surface area contributed by atoms with Crippen molar-refractivity contribution < 1.29 is 8.97 Å². The van der Waals surface area contributed by atoms with E-state index in [0.717, 1.165) is 0 Å². The first-order valence-corrected chi connectivity index (χ1v) is 16.1. The number of quaternary nitrogens is 2. The van der Waals surface area contributed by atoms with E-state index in [9.17, 15) is 0 Å². The van der Waals surface area contributed by atoms with Gasteiger partial charge in [-0.1, -0.05) is 104 Å². The van der Waals surface area contributed by atoms with E-state index in [0.29, 0.717) is 0 Å². The molecular formula is C32H70N2+2. The van der Waals surface area contributed by atoms with E-state index in [1.165, 1.54) is 177 Å². The zero-order valence-electron chi connectivity index (χ0n) is 25.3. The predicted octanol–water partition coefficient (Wildman–Crippen LogP) is 9.76. The van der Waals surface area contributed by atoms with Gasteiger partial charge in [-0.2, -0.15) is 0 Å². The highest BCUT2D eigenvalue weighted by atomic mass is 15.3. The molecule has 0 heterocycles. The molecule has 0 aliphatic heterocycles. The van der Waals surface area contributed by atoms with Gasteiger partial charge in [-0.05, 0) is 52.4 Å². The molecule has 0 aromatic carbocycles. The van der Waals surface area contributed by atoms with Gasteiger partial charge in [0.15, 0.2) is 0 Å². The molecule has 0 aromatic rings. The fourth-order valence-electron chi connectivity index (χ4n) is 5.75.